The van der Waals surface area contributed by atoms with Gasteiger partial charge >= 0.3 is 0 Å². The van der Waals surface area contributed by atoms with Gasteiger partial charge in [-0.1, -0.05) is 47.5 Å². The van der Waals surface area contributed by atoms with E-state index in [1.807, 2.05) is 32.0 Å². The third-order valence-corrected chi connectivity index (χ3v) is 3.67. The van der Waals surface area contributed by atoms with Crippen molar-refractivity contribution in [2.24, 2.45) is 0 Å². The molecule has 0 saturated heterocycles. The molecule has 1 atom stereocenters. The number of aliphatic hydroxyl groups is 1. The fraction of sp³-hybridized carbons (Fsp3) is 0.200. The zero-order valence-electron chi connectivity index (χ0n) is 10.2. The van der Waals surface area contributed by atoms with Gasteiger partial charge in [-0.3, -0.25) is 0 Å². The average molecular weight is 281 g/mol. The molecule has 3 heteroatoms. The lowest BCUT2D eigenvalue weighted by molar-refractivity contribution is 0.220. The third-order valence-electron chi connectivity index (χ3n) is 3.10. The monoisotopic (exact) mass is 280 g/mol. The smallest absolute Gasteiger partial charge is 0.105 e. The molecule has 2 aromatic carbocycles. The topological polar surface area (TPSA) is 20.2 Å². The summed E-state index contributed by atoms with van der Waals surface area (Å²) < 4.78 is 0. The van der Waals surface area contributed by atoms with Crippen molar-refractivity contribution in [3.8, 4) is 0 Å². The van der Waals surface area contributed by atoms with Crippen LogP contribution in [0.2, 0.25) is 10.0 Å². The minimum atomic E-state index is -0.728. The summed E-state index contributed by atoms with van der Waals surface area (Å²) in [6, 6.07) is 11.0. The van der Waals surface area contributed by atoms with E-state index in [2.05, 4.69) is 0 Å². The van der Waals surface area contributed by atoms with Crippen molar-refractivity contribution in [1.29, 1.82) is 0 Å². The van der Waals surface area contributed by atoms with Crippen LogP contribution in [0.25, 0.3) is 0 Å². The van der Waals surface area contributed by atoms with Gasteiger partial charge in [0.25, 0.3) is 0 Å². The molecular formula is C15H14Cl2O. The Morgan fingerprint density at radius 1 is 0.944 bits per heavy atom. The van der Waals surface area contributed by atoms with Crippen molar-refractivity contribution in [1.82, 2.24) is 0 Å². The van der Waals surface area contributed by atoms with Crippen molar-refractivity contribution < 1.29 is 5.11 Å². The maximum Gasteiger partial charge on any atom is 0.105 e. The lowest BCUT2D eigenvalue weighted by Crippen LogP contribution is -2.01. The second-order valence-corrected chi connectivity index (χ2v) is 5.26. The van der Waals surface area contributed by atoms with E-state index in [9.17, 15) is 5.11 Å². The van der Waals surface area contributed by atoms with E-state index < -0.39 is 6.10 Å². The summed E-state index contributed by atoms with van der Waals surface area (Å²) >= 11 is 11.9. The highest BCUT2D eigenvalue weighted by Crippen LogP contribution is 2.31. The highest BCUT2D eigenvalue weighted by Gasteiger charge is 2.14. The molecule has 0 radical (unpaired) electrons. The largest absolute Gasteiger partial charge is 0.384 e. The number of rotatable bonds is 2. The number of aliphatic hydroxyl groups excluding tert-OH is 1. The standard InChI is InChI=1S/C15H14Cl2O/c1-9-3-4-11(7-10(9)2)15(18)13-6-5-12(16)8-14(13)17/h3-8,15,18H,1-2H3. The molecule has 0 amide bonds. The number of halogens is 2. The molecule has 1 nitrogen and oxygen atoms in total. The maximum atomic E-state index is 10.4. The Kier molecular flexibility index (Phi) is 3.96. The molecule has 2 aromatic rings. The quantitative estimate of drug-likeness (QED) is 0.846. The van der Waals surface area contributed by atoms with Crippen molar-refractivity contribution >= 4 is 23.2 Å². The lowest BCUT2D eigenvalue weighted by Gasteiger charge is -2.14. The first-order chi connectivity index (χ1) is 8.49. The fourth-order valence-electron chi connectivity index (χ4n) is 1.84. The number of hydrogen-bond acceptors (Lipinski definition) is 1. The van der Waals surface area contributed by atoms with Crippen LogP contribution >= 0.6 is 23.2 Å². The van der Waals surface area contributed by atoms with Crippen molar-refractivity contribution in [2.75, 3.05) is 0 Å². The van der Waals surface area contributed by atoms with Crippen LogP contribution in [-0.2, 0) is 0 Å². The molecule has 0 bridgehead atoms. The second kappa shape index (κ2) is 5.31. The summed E-state index contributed by atoms with van der Waals surface area (Å²) in [5.41, 5.74) is 3.86. The predicted molar refractivity (Wildman–Crippen MR) is 76.4 cm³/mol. The Morgan fingerprint density at radius 2 is 1.67 bits per heavy atom. The van der Waals surface area contributed by atoms with E-state index in [1.165, 1.54) is 5.56 Å². The molecule has 0 fully saturated rings. The van der Waals surface area contributed by atoms with Gasteiger partial charge in [0.1, 0.15) is 6.10 Å². The van der Waals surface area contributed by atoms with Gasteiger partial charge in [-0.25, -0.2) is 0 Å². The van der Waals surface area contributed by atoms with Gasteiger partial charge in [-0.15, -0.1) is 0 Å². The molecule has 1 unspecified atom stereocenters. The zero-order chi connectivity index (χ0) is 13.3. The Balaban J connectivity index is 2.41. The Labute approximate surface area is 117 Å². The Morgan fingerprint density at radius 3 is 2.28 bits per heavy atom. The molecule has 0 saturated carbocycles. The molecule has 0 aliphatic rings. The van der Waals surface area contributed by atoms with Gasteiger partial charge in [-0.05, 0) is 42.7 Å². The SMILES string of the molecule is Cc1ccc(C(O)c2ccc(Cl)cc2Cl)cc1C. The van der Waals surface area contributed by atoms with Crippen LogP contribution in [0.3, 0.4) is 0 Å². The van der Waals surface area contributed by atoms with Crippen LogP contribution in [0.15, 0.2) is 36.4 Å². The molecule has 2 rings (SSSR count). The first-order valence-electron chi connectivity index (χ1n) is 5.69. The summed E-state index contributed by atoms with van der Waals surface area (Å²) in [7, 11) is 0. The van der Waals surface area contributed by atoms with Crippen LogP contribution in [0.1, 0.15) is 28.4 Å². The average Bonchev–Trinajstić information content (AvgIpc) is 2.32. The maximum absolute atomic E-state index is 10.4. The van der Waals surface area contributed by atoms with E-state index in [0.717, 1.165) is 11.1 Å². The van der Waals surface area contributed by atoms with Gasteiger partial charge in [0.15, 0.2) is 0 Å². The van der Waals surface area contributed by atoms with E-state index in [-0.39, 0.29) is 0 Å². The molecule has 1 N–H and O–H groups in total. The lowest BCUT2D eigenvalue weighted by atomic mass is 9.98. The van der Waals surface area contributed by atoms with Crippen molar-refractivity contribution in [3.05, 3.63) is 68.7 Å². The van der Waals surface area contributed by atoms with Gasteiger partial charge in [0.05, 0.1) is 0 Å². The van der Waals surface area contributed by atoms with Crippen LogP contribution < -0.4 is 0 Å². The van der Waals surface area contributed by atoms with E-state index >= 15 is 0 Å². The molecule has 94 valence electrons. The molecule has 18 heavy (non-hydrogen) atoms. The molecule has 0 spiro atoms. The minimum absolute atomic E-state index is 0.480. The first kappa shape index (κ1) is 13.4. The molecule has 0 aromatic heterocycles. The first-order valence-corrected chi connectivity index (χ1v) is 6.45. The predicted octanol–water partition coefficient (Wildman–Crippen LogP) is 4.69. The van der Waals surface area contributed by atoms with Crippen LogP contribution in [-0.4, -0.2) is 5.11 Å². The number of hydrogen-bond donors (Lipinski definition) is 1. The highest BCUT2D eigenvalue weighted by molar-refractivity contribution is 6.35. The van der Waals surface area contributed by atoms with Crippen LogP contribution in [0.5, 0.6) is 0 Å². The van der Waals surface area contributed by atoms with Crippen LogP contribution in [0.4, 0.5) is 0 Å². The Hall–Kier alpha value is -1.02. The third kappa shape index (κ3) is 2.69. The van der Waals surface area contributed by atoms with Crippen molar-refractivity contribution in [2.45, 2.75) is 20.0 Å². The van der Waals surface area contributed by atoms with Crippen LogP contribution in [0, 0.1) is 13.8 Å². The van der Waals surface area contributed by atoms with Gasteiger partial charge in [0, 0.05) is 15.6 Å². The Bertz CT molecular complexity index is 579. The molecule has 0 aliphatic carbocycles. The summed E-state index contributed by atoms with van der Waals surface area (Å²) in [4.78, 5) is 0. The highest BCUT2D eigenvalue weighted by atomic mass is 35.5. The van der Waals surface area contributed by atoms with E-state index in [0.29, 0.717) is 15.6 Å². The number of aryl methyl sites for hydroxylation is 2. The normalized spacial score (nSPS) is 12.5. The minimum Gasteiger partial charge on any atom is -0.384 e. The van der Waals surface area contributed by atoms with Gasteiger partial charge in [-0.2, -0.15) is 0 Å². The van der Waals surface area contributed by atoms with Gasteiger partial charge < -0.3 is 5.11 Å². The molecular weight excluding hydrogens is 267 g/mol. The fourth-order valence-corrected chi connectivity index (χ4v) is 2.35. The summed E-state index contributed by atoms with van der Waals surface area (Å²) in [6.07, 6.45) is -0.728. The summed E-state index contributed by atoms with van der Waals surface area (Å²) in [5.74, 6) is 0. The summed E-state index contributed by atoms with van der Waals surface area (Å²) in [5, 5.41) is 11.4. The molecule has 0 aliphatic heterocycles. The molecule has 0 heterocycles. The second-order valence-electron chi connectivity index (χ2n) is 4.41. The van der Waals surface area contributed by atoms with E-state index in [1.54, 1.807) is 18.2 Å². The summed E-state index contributed by atoms with van der Waals surface area (Å²) in [6.45, 7) is 4.07. The number of benzene rings is 2. The van der Waals surface area contributed by atoms with E-state index in [4.69, 9.17) is 23.2 Å². The van der Waals surface area contributed by atoms with Crippen molar-refractivity contribution in [3.63, 3.8) is 0 Å². The zero-order valence-corrected chi connectivity index (χ0v) is 11.8. The van der Waals surface area contributed by atoms with Gasteiger partial charge in [0.2, 0.25) is 0 Å².